The van der Waals surface area contributed by atoms with E-state index in [4.69, 9.17) is 0 Å². The molecule has 1 aromatic heterocycles. The lowest BCUT2D eigenvalue weighted by Crippen LogP contribution is -2.74. The molecule has 2 aliphatic heterocycles. The van der Waals surface area contributed by atoms with Gasteiger partial charge >= 0.3 is 0 Å². The Labute approximate surface area is 363 Å². The molecular weight excluding hydrogens is 747 g/mol. The van der Waals surface area contributed by atoms with Gasteiger partial charge in [-0.05, 0) is 71.5 Å². The third-order valence-electron chi connectivity index (χ3n) is 13.2. The van der Waals surface area contributed by atoms with Crippen LogP contribution in [0.15, 0.2) is 156 Å². The summed E-state index contributed by atoms with van der Waals surface area (Å²) < 4.78 is 2.26. The van der Waals surface area contributed by atoms with Crippen LogP contribution in [0.3, 0.4) is 0 Å². The summed E-state index contributed by atoms with van der Waals surface area (Å²) in [6, 6.07) is 54.7. The second kappa shape index (κ2) is 17.7. The maximum atomic E-state index is 13.9. The summed E-state index contributed by atoms with van der Waals surface area (Å²) in [6.45, 7) is 18.1. The molecule has 3 nitrogen and oxygen atoms in total. The van der Waals surface area contributed by atoms with E-state index in [0.717, 1.165) is 33.3 Å². The van der Waals surface area contributed by atoms with Crippen molar-refractivity contribution < 1.29 is 0 Å². The molecule has 308 valence electrons. The zero-order chi connectivity index (χ0) is 41.9. The topological polar surface area (TPSA) is 23.6 Å². The highest BCUT2D eigenvalue weighted by molar-refractivity contribution is 7.24. The summed E-state index contributed by atoms with van der Waals surface area (Å²) in [5, 5.41) is 1.78. The van der Waals surface area contributed by atoms with Crippen molar-refractivity contribution in [2.45, 2.75) is 97.2 Å². The molecule has 0 spiro atoms. The fourth-order valence-electron chi connectivity index (χ4n) is 10.1. The molecule has 3 heterocycles. The SMILES string of the molecule is CC(C)(C)c1cc(C(C)(C)C)c2sc3ccc(CN4CCCN5CCCCCC54)cc3c(=O)c2c1.c1ccc([B-](c2ccccc2)(c2ccccc2)c2ccccc2)cc1. The lowest BCUT2D eigenvalue weighted by atomic mass is 9.13. The van der Waals surface area contributed by atoms with E-state index < -0.39 is 6.15 Å². The number of rotatable bonds is 6. The first-order chi connectivity index (χ1) is 28.9. The Morgan fingerprint density at radius 3 is 1.62 bits per heavy atom. The first kappa shape index (κ1) is 41.9. The van der Waals surface area contributed by atoms with Crippen LogP contribution in [0.5, 0.6) is 0 Å². The summed E-state index contributed by atoms with van der Waals surface area (Å²) in [4.78, 5) is 19.3. The Bertz CT molecular complexity index is 2410. The summed E-state index contributed by atoms with van der Waals surface area (Å²) in [5.41, 5.74) is 9.34. The van der Waals surface area contributed by atoms with Crippen molar-refractivity contribution in [3.05, 3.63) is 179 Å². The minimum absolute atomic E-state index is 0.000941. The van der Waals surface area contributed by atoms with E-state index in [2.05, 4.69) is 203 Å². The Morgan fingerprint density at radius 2 is 1.10 bits per heavy atom. The molecule has 9 rings (SSSR count). The van der Waals surface area contributed by atoms with Crippen LogP contribution in [-0.2, 0) is 17.4 Å². The average Bonchev–Trinajstić information content (AvgIpc) is 3.52. The Hall–Kier alpha value is -4.81. The smallest absolute Gasteiger partial charge is 0.195 e. The van der Waals surface area contributed by atoms with Crippen molar-refractivity contribution in [1.29, 1.82) is 0 Å². The molecule has 0 saturated carbocycles. The third kappa shape index (κ3) is 8.55. The Morgan fingerprint density at radius 1 is 0.567 bits per heavy atom. The molecule has 0 bridgehead atoms. The summed E-state index contributed by atoms with van der Waals surface area (Å²) in [5.74, 6) is 0. The highest BCUT2D eigenvalue weighted by Gasteiger charge is 2.32. The van der Waals surface area contributed by atoms with E-state index in [1.807, 2.05) is 0 Å². The van der Waals surface area contributed by atoms with E-state index in [0.29, 0.717) is 6.17 Å². The first-order valence-electron chi connectivity index (χ1n) is 22.3. The standard InChI is InChI=1S/C31H42N2OS.C24H20B/c1-30(2,3)22-18-24-28(34)23-17-21(12-13-26(23)35-29(24)25(19-22)31(4,5)6)20-33-16-10-15-32-14-9-7-8-11-27(32)33;1-5-13-21(14-6-1)25(22-15-7-2-8-16-22,23-17-9-3-10-18-23)24-19-11-4-12-20-24/h12-13,17-19,27H,7-11,14-16,20H2,1-6H3;1-20H/q;-1. The second-order valence-corrected chi connectivity index (χ2v) is 20.4. The maximum Gasteiger partial charge on any atom is 0.195 e. The zero-order valence-electron chi connectivity index (χ0n) is 36.7. The normalized spacial score (nSPS) is 16.8. The number of fused-ring (bicyclic) bond motifs is 3. The molecule has 7 aromatic rings. The van der Waals surface area contributed by atoms with Crippen LogP contribution >= 0.6 is 11.3 Å². The van der Waals surface area contributed by atoms with Gasteiger partial charge < -0.3 is 0 Å². The van der Waals surface area contributed by atoms with Crippen LogP contribution in [0.4, 0.5) is 0 Å². The van der Waals surface area contributed by atoms with Crippen LogP contribution in [0.25, 0.3) is 20.2 Å². The average molecular weight is 810 g/mol. The minimum atomic E-state index is -1.22. The van der Waals surface area contributed by atoms with Crippen molar-refractivity contribution in [3.63, 3.8) is 0 Å². The van der Waals surface area contributed by atoms with E-state index in [1.165, 1.54) is 83.7 Å². The highest BCUT2D eigenvalue weighted by Crippen LogP contribution is 2.38. The van der Waals surface area contributed by atoms with Crippen LogP contribution in [0.1, 0.15) is 90.3 Å². The summed E-state index contributed by atoms with van der Waals surface area (Å²) >= 11 is 1.79. The largest absolute Gasteiger partial charge is 0.289 e. The lowest BCUT2D eigenvalue weighted by molar-refractivity contribution is -0.000324. The van der Waals surface area contributed by atoms with Gasteiger partial charge in [0.05, 0.1) is 6.17 Å². The molecule has 5 heteroatoms. The number of hydrogen-bond acceptors (Lipinski definition) is 4. The Kier molecular flexibility index (Phi) is 12.3. The summed E-state index contributed by atoms with van der Waals surface area (Å²) in [6.07, 6.45) is 5.90. The van der Waals surface area contributed by atoms with Crippen molar-refractivity contribution in [2.24, 2.45) is 0 Å². The molecule has 2 aliphatic rings. The maximum absolute atomic E-state index is 13.9. The zero-order valence-corrected chi connectivity index (χ0v) is 37.5. The Balaban J connectivity index is 0.000000176. The van der Waals surface area contributed by atoms with Gasteiger partial charge in [0.25, 0.3) is 0 Å². The molecule has 1 atom stereocenters. The van der Waals surface area contributed by atoms with Crippen LogP contribution < -0.4 is 27.3 Å². The van der Waals surface area contributed by atoms with Gasteiger partial charge in [-0.2, -0.15) is 21.9 Å². The number of benzene rings is 6. The molecule has 1 unspecified atom stereocenters. The molecule has 0 amide bonds. The lowest BCUT2D eigenvalue weighted by Gasteiger charge is -2.44. The van der Waals surface area contributed by atoms with Gasteiger partial charge in [0.15, 0.2) is 5.43 Å². The second-order valence-electron chi connectivity index (χ2n) is 19.4. The molecule has 60 heavy (non-hydrogen) atoms. The predicted molar refractivity (Wildman–Crippen MR) is 262 cm³/mol. The third-order valence-corrected chi connectivity index (χ3v) is 14.5. The monoisotopic (exact) mass is 809 g/mol. The molecule has 2 saturated heterocycles. The van der Waals surface area contributed by atoms with Crippen LogP contribution in [0.2, 0.25) is 0 Å². The summed E-state index contributed by atoms with van der Waals surface area (Å²) in [7, 11) is 0. The highest BCUT2D eigenvalue weighted by atomic mass is 32.1. The van der Waals surface area contributed by atoms with Gasteiger partial charge in [0.1, 0.15) is 6.15 Å². The van der Waals surface area contributed by atoms with Gasteiger partial charge in [-0.3, -0.25) is 14.6 Å². The molecule has 6 aromatic carbocycles. The van der Waals surface area contributed by atoms with Gasteiger partial charge in [-0.1, -0.05) is 188 Å². The minimum Gasteiger partial charge on any atom is -0.289 e. The van der Waals surface area contributed by atoms with Gasteiger partial charge in [-0.25, -0.2) is 0 Å². The predicted octanol–water partition coefficient (Wildman–Crippen LogP) is 10.5. The van der Waals surface area contributed by atoms with Gasteiger partial charge in [0.2, 0.25) is 0 Å². The van der Waals surface area contributed by atoms with Gasteiger partial charge in [-0.15, -0.1) is 11.3 Å². The van der Waals surface area contributed by atoms with Crippen LogP contribution in [-0.4, -0.2) is 41.7 Å². The quantitative estimate of drug-likeness (QED) is 0.124. The van der Waals surface area contributed by atoms with Gasteiger partial charge in [0, 0.05) is 39.8 Å². The van der Waals surface area contributed by atoms with E-state index >= 15 is 0 Å². The fraction of sp³-hybridized carbons (Fsp3) is 0.327. The molecular formula is C55H62BN2OS-. The van der Waals surface area contributed by atoms with Crippen molar-refractivity contribution >= 4 is 59.5 Å². The van der Waals surface area contributed by atoms with E-state index in [9.17, 15) is 4.79 Å². The van der Waals surface area contributed by atoms with Crippen LogP contribution in [0, 0.1) is 0 Å². The fourth-order valence-corrected chi connectivity index (χ4v) is 11.4. The number of nitrogens with zero attached hydrogens (tertiary/aromatic N) is 2. The molecule has 2 fully saturated rings. The van der Waals surface area contributed by atoms with E-state index in [-0.39, 0.29) is 16.3 Å². The van der Waals surface area contributed by atoms with Crippen molar-refractivity contribution in [3.8, 4) is 0 Å². The number of hydrogen-bond donors (Lipinski definition) is 0. The van der Waals surface area contributed by atoms with Crippen molar-refractivity contribution in [2.75, 3.05) is 19.6 Å². The molecule has 0 aliphatic carbocycles. The first-order valence-corrected chi connectivity index (χ1v) is 23.2. The molecule has 0 radical (unpaired) electrons. The van der Waals surface area contributed by atoms with Crippen molar-refractivity contribution in [1.82, 2.24) is 9.80 Å². The van der Waals surface area contributed by atoms with E-state index in [1.54, 1.807) is 11.3 Å². The molecule has 0 N–H and O–H groups in total.